The summed E-state index contributed by atoms with van der Waals surface area (Å²) >= 11 is 5.67. The Morgan fingerprint density at radius 2 is 1.84 bits per heavy atom. The van der Waals surface area contributed by atoms with E-state index in [1.807, 2.05) is 12.1 Å². The Morgan fingerprint density at radius 3 is 2.40 bits per heavy atom. The summed E-state index contributed by atoms with van der Waals surface area (Å²) < 4.78 is 13.8. The lowest BCUT2D eigenvalue weighted by Gasteiger charge is -2.09. The van der Waals surface area contributed by atoms with Crippen LogP contribution in [0.15, 0.2) is 53.7 Å². The van der Waals surface area contributed by atoms with Crippen LogP contribution in [0.4, 0.5) is 10.1 Å². The van der Waals surface area contributed by atoms with Crippen molar-refractivity contribution in [3.63, 3.8) is 0 Å². The van der Waals surface area contributed by atoms with Crippen LogP contribution in [0.1, 0.15) is 16.7 Å². The zero-order chi connectivity index (χ0) is 18.6. The zero-order valence-electron chi connectivity index (χ0n) is 13.0. The van der Waals surface area contributed by atoms with Crippen LogP contribution in [-0.4, -0.2) is 17.3 Å². The number of nitrogens with two attached hydrogens (primary N) is 2. The fraction of sp³-hybridized carbons (Fsp3) is 0. The van der Waals surface area contributed by atoms with Gasteiger partial charge >= 0.3 is 5.97 Å². The van der Waals surface area contributed by atoms with Gasteiger partial charge in [-0.25, -0.2) is 9.18 Å². The molecule has 5 nitrogen and oxygen atoms in total. The Bertz CT molecular complexity index is 890. The predicted molar refractivity (Wildman–Crippen MR) is 98.7 cm³/mol. The maximum Gasteiger partial charge on any atom is 0.354 e. The van der Waals surface area contributed by atoms with Crippen molar-refractivity contribution in [2.24, 2.45) is 10.7 Å². The number of hydrogen-bond donors (Lipinski definition) is 3. The number of anilines is 1. The van der Waals surface area contributed by atoms with Crippen LogP contribution in [0.5, 0.6) is 0 Å². The molecule has 0 aliphatic carbocycles. The van der Waals surface area contributed by atoms with E-state index in [1.165, 1.54) is 12.3 Å². The van der Waals surface area contributed by atoms with Gasteiger partial charge in [-0.2, -0.15) is 0 Å². The second kappa shape index (κ2) is 7.63. The minimum atomic E-state index is -1.40. The number of nitrogens with zero attached hydrogens (tertiary/aromatic N) is 1. The molecular formula is C18H15ClFN3O2. The zero-order valence-corrected chi connectivity index (χ0v) is 13.8. The van der Waals surface area contributed by atoms with E-state index in [2.05, 4.69) is 11.6 Å². The molecule has 0 spiro atoms. The summed E-state index contributed by atoms with van der Waals surface area (Å²) in [7, 11) is 0. The van der Waals surface area contributed by atoms with Crippen molar-refractivity contribution in [1.82, 2.24) is 0 Å². The third kappa shape index (κ3) is 4.24. The first-order valence-corrected chi connectivity index (χ1v) is 7.45. The molecule has 0 radical (unpaired) electrons. The first-order valence-electron chi connectivity index (χ1n) is 7.08. The molecule has 0 heterocycles. The summed E-state index contributed by atoms with van der Waals surface area (Å²) in [6, 6.07) is 9.34. The Labute approximate surface area is 148 Å². The Balaban J connectivity index is 2.53. The average molecular weight is 360 g/mol. The van der Waals surface area contributed by atoms with Crippen LogP contribution in [-0.2, 0) is 4.79 Å². The van der Waals surface area contributed by atoms with Crippen LogP contribution >= 0.6 is 11.6 Å². The van der Waals surface area contributed by atoms with Crippen molar-refractivity contribution < 1.29 is 14.3 Å². The molecule has 0 amide bonds. The summed E-state index contributed by atoms with van der Waals surface area (Å²) in [5, 5.41) is 8.98. The Hall–Kier alpha value is -3.12. The molecule has 0 aromatic heterocycles. The highest BCUT2D eigenvalue weighted by Gasteiger charge is 2.16. The van der Waals surface area contributed by atoms with E-state index in [0.29, 0.717) is 5.56 Å². The standard InChI is InChI=1S/C18H15ClFN3O2/c1-2-10-3-5-11(6-4-10)9-23-17(16(22)18(24)25)12-7-14(20)13(19)8-15(12)21/h2-9H,1,21-22H2,(H,24,25)/b17-16+,23-9?. The van der Waals surface area contributed by atoms with Crippen molar-refractivity contribution in [1.29, 1.82) is 0 Å². The van der Waals surface area contributed by atoms with Crippen LogP contribution in [0.3, 0.4) is 0 Å². The number of nitrogen functional groups attached to an aromatic ring is 1. The SMILES string of the molecule is C=Cc1ccc(C=N/C(=C(/N)C(=O)O)c2cc(F)c(Cl)cc2N)cc1. The van der Waals surface area contributed by atoms with Gasteiger partial charge < -0.3 is 16.6 Å². The molecule has 128 valence electrons. The maximum atomic E-state index is 13.8. The van der Waals surface area contributed by atoms with Crippen molar-refractivity contribution >= 4 is 41.2 Å². The van der Waals surface area contributed by atoms with Gasteiger partial charge in [-0.05, 0) is 23.3 Å². The van der Waals surface area contributed by atoms with E-state index < -0.39 is 17.5 Å². The lowest BCUT2D eigenvalue weighted by molar-refractivity contribution is -0.132. The number of carboxylic acid groups (broad SMARTS) is 1. The van der Waals surface area contributed by atoms with Gasteiger partial charge in [0.05, 0.1) is 5.02 Å². The largest absolute Gasteiger partial charge is 0.477 e. The van der Waals surface area contributed by atoms with E-state index in [4.69, 9.17) is 28.2 Å². The van der Waals surface area contributed by atoms with Crippen LogP contribution < -0.4 is 11.5 Å². The van der Waals surface area contributed by atoms with Gasteiger partial charge in [0.1, 0.15) is 17.2 Å². The molecule has 25 heavy (non-hydrogen) atoms. The third-order valence-electron chi connectivity index (χ3n) is 3.35. The molecule has 0 atom stereocenters. The molecule has 0 saturated carbocycles. The Morgan fingerprint density at radius 1 is 1.24 bits per heavy atom. The molecule has 0 bridgehead atoms. The van der Waals surface area contributed by atoms with Gasteiger partial charge in [-0.15, -0.1) is 0 Å². The number of benzene rings is 2. The number of carboxylic acids is 1. The number of aliphatic imine (C=N–C) groups is 1. The second-order valence-electron chi connectivity index (χ2n) is 5.05. The number of hydrogen-bond acceptors (Lipinski definition) is 4. The molecule has 0 fully saturated rings. The molecule has 0 aliphatic heterocycles. The fourth-order valence-corrected chi connectivity index (χ4v) is 2.18. The van der Waals surface area contributed by atoms with E-state index in [0.717, 1.165) is 11.6 Å². The quantitative estimate of drug-likeness (QED) is 0.431. The summed E-state index contributed by atoms with van der Waals surface area (Å²) in [6.45, 7) is 3.66. The van der Waals surface area contributed by atoms with Crippen molar-refractivity contribution in [2.75, 3.05) is 5.73 Å². The van der Waals surface area contributed by atoms with Gasteiger partial charge in [0.2, 0.25) is 0 Å². The minimum Gasteiger partial charge on any atom is -0.477 e. The molecule has 7 heteroatoms. The second-order valence-corrected chi connectivity index (χ2v) is 5.46. The number of halogens is 2. The van der Waals surface area contributed by atoms with Crippen molar-refractivity contribution in [3.05, 3.63) is 76.2 Å². The highest BCUT2D eigenvalue weighted by molar-refractivity contribution is 6.31. The molecule has 2 aromatic carbocycles. The van der Waals surface area contributed by atoms with E-state index in [-0.39, 0.29) is 22.0 Å². The van der Waals surface area contributed by atoms with Crippen LogP contribution in [0, 0.1) is 5.82 Å². The number of carbonyl (C=O) groups is 1. The lowest BCUT2D eigenvalue weighted by Crippen LogP contribution is -2.13. The van der Waals surface area contributed by atoms with Gasteiger partial charge in [-0.3, -0.25) is 4.99 Å². The molecule has 2 rings (SSSR count). The Kier molecular flexibility index (Phi) is 5.56. The topological polar surface area (TPSA) is 102 Å². The smallest absolute Gasteiger partial charge is 0.354 e. The average Bonchev–Trinajstić information content (AvgIpc) is 2.59. The highest BCUT2D eigenvalue weighted by atomic mass is 35.5. The first-order chi connectivity index (χ1) is 11.8. The van der Waals surface area contributed by atoms with Crippen molar-refractivity contribution in [2.45, 2.75) is 0 Å². The van der Waals surface area contributed by atoms with Gasteiger partial charge in [0, 0.05) is 17.5 Å². The molecule has 0 aliphatic rings. The molecule has 0 saturated heterocycles. The van der Waals surface area contributed by atoms with Crippen LogP contribution in [0.25, 0.3) is 11.8 Å². The number of aliphatic carboxylic acids is 1. The molecular weight excluding hydrogens is 345 g/mol. The highest BCUT2D eigenvalue weighted by Crippen LogP contribution is 2.29. The predicted octanol–water partition coefficient (Wildman–Crippen LogP) is 3.54. The van der Waals surface area contributed by atoms with Crippen LogP contribution in [0.2, 0.25) is 5.02 Å². The number of rotatable bonds is 5. The molecule has 2 aromatic rings. The molecule has 5 N–H and O–H groups in total. The first kappa shape index (κ1) is 18.2. The molecule has 0 unspecified atom stereocenters. The lowest BCUT2D eigenvalue weighted by atomic mass is 10.1. The van der Waals surface area contributed by atoms with Crippen molar-refractivity contribution in [3.8, 4) is 0 Å². The van der Waals surface area contributed by atoms with Gasteiger partial charge in [0.15, 0.2) is 0 Å². The van der Waals surface area contributed by atoms with Gasteiger partial charge in [0.25, 0.3) is 0 Å². The van der Waals surface area contributed by atoms with E-state index >= 15 is 0 Å². The normalized spacial score (nSPS) is 12.1. The minimum absolute atomic E-state index is 0.0424. The monoisotopic (exact) mass is 359 g/mol. The third-order valence-corrected chi connectivity index (χ3v) is 3.64. The fourth-order valence-electron chi connectivity index (χ4n) is 2.01. The summed E-state index contributed by atoms with van der Waals surface area (Å²) in [5.74, 6) is -2.16. The van der Waals surface area contributed by atoms with Gasteiger partial charge in [-0.1, -0.05) is 48.5 Å². The summed E-state index contributed by atoms with van der Waals surface area (Å²) in [4.78, 5) is 15.3. The summed E-state index contributed by atoms with van der Waals surface area (Å²) in [6.07, 6.45) is 3.09. The summed E-state index contributed by atoms with van der Waals surface area (Å²) in [5.41, 5.74) is 12.4. The van der Waals surface area contributed by atoms with E-state index in [1.54, 1.807) is 18.2 Å². The van der Waals surface area contributed by atoms with E-state index in [9.17, 15) is 9.18 Å². The maximum absolute atomic E-state index is 13.8.